The minimum atomic E-state index is -0.711. The molecule has 70 valence electrons. The highest BCUT2D eigenvalue weighted by Gasteiger charge is 2.06. The third kappa shape index (κ3) is 6.66. The van der Waals surface area contributed by atoms with Crippen molar-refractivity contribution >= 4 is 12.2 Å². The summed E-state index contributed by atoms with van der Waals surface area (Å²) in [6.07, 6.45) is -1.01. The number of hydrogen-bond donors (Lipinski definition) is 2. The summed E-state index contributed by atoms with van der Waals surface area (Å²) in [6, 6.07) is 0. The molecule has 1 aliphatic heterocycles. The molecule has 1 heterocycles. The fourth-order valence-corrected chi connectivity index (χ4v) is 0.490. The minimum Gasteiger partial charge on any atom is -0.450 e. The number of nitrogens with two attached hydrogens (primary N) is 1. The number of alkyl carbamates (subject to hydrolysis) is 1. The molecule has 0 unspecified atom stereocenters. The summed E-state index contributed by atoms with van der Waals surface area (Å²) in [6.45, 7) is 3.25. The van der Waals surface area contributed by atoms with Crippen molar-refractivity contribution in [3.63, 3.8) is 0 Å². The lowest BCUT2D eigenvalue weighted by molar-refractivity contribution is 0.163. The van der Waals surface area contributed by atoms with Crippen molar-refractivity contribution in [2.45, 2.75) is 6.92 Å². The Bertz CT molecular complexity index is 152. The number of cyclic esters (lactones) is 1. The molecule has 0 atom stereocenters. The van der Waals surface area contributed by atoms with Crippen LogP contribution in [0.4, 0.5) is 9.59 Å². The molecule has 6 nitrogen and oxygen atoms in total. The van der Waals surface area contributed by atoms with Gasteiger partial charge in [0.05, 0.1) is 13.2 Å². The monoisotopic (exact) mass is 176 g/mol. The highest BCUT2D eigenvalue weighted by atomic mass is 16.6. The molecule has 0 radical (unpaired) electrons. The van der Waals surface area contributed by atoms with E-state index in [9.17, 15) is 9.59 Å². The van der Waals surface area contributed by atoms with Gasteiger partial charge in [-0.25, -0.2) is 9.59 Å². The van der Waals surface area contributed by atoms with Crippen LogP contribution in [0.25, 0.3) is 0 Å². The van der Waals surface area contributed by atoms with Crippen LogP contribution in [-0.4, -0.2) is 31.9 Å². The third-order valence-electron chi connectivity index (χ3n) is 0.891. The van der Waals surface area contributed by atoms with Crippen molar-refractivity contribution in [1.29, 1.82) is 0 Å². The van der Waals surface area contributed by atoms with Crippen molar-refractivity contribution in [3.05, 3.63) is 0 Å². The molecule has 2 amide bonds. The number of ether oxygens (including phenoxy) is 2. The van der Waals surface area contributed by atoms with Crippen LogP contribution in [0.15, 0.2) is 0 Å². The Hall–Kier alpha value is -1.46. The van der Waals surface area contributed by atoms with Crippen molar-refractivity contribution in [2.24, 2.45) is 5.73 Å². The number of carbonyl (C=O) groups is 2. The molecule has 3 N–H and O–H groups in total. The van der Waals surface area contributed by atoms with Crippen LogP contribution >= 0.6 is 0 Å². The molecule has 0 aromatic heterocycles. The molecule has 6 heteroatoms. The van der Waals surface area contributed by atoms with Crippen LogP contribution < -0.4 is 11.1 Å². The summed E-state index contributed by atoms with van der Waals surface area (Å²) < 4.78 is 8.58. The Morgan fingerprint density at radius 3 is 2.58 bits per heavy atom. The van der Waals surface area contributed by atoms with Gasteiger partial charge < -0.3 is 20.5 Å². The van der Waals surface area contributed by atoms with Gasteiger partial charge in [-0.3, -0.25) is 0 Å². The van der Waals surface area contributed by atoms with E-state index in [0.29, 0.717) is 19.8 Å². The van der Waals surface area contributed by atoms with Crippen LogP contribution in [0.2, 0.25) is 0 Å². The Morgan fingerprint density at radius 2 is 2.50 bits per heavy atom. The summed E-state index contributed by atoms with van der Waals surface area (Å²) >= 11 is 0. The van der Waals surface area contributed by atoms with Gasteiger partial charge in [0, 0.05) is 0 Å². The first kappa shape index (κ1) is 10.5. The number of primary amides is 1. The maximum Gasteiger partial charge on any atom is 0.407 e. The molecule has 1 fully saturated rings. The zero-order valence-electron chi connectivity index (χ0n) is 6.83. The van der Waals surface area contributed by atoms with Gasteiger partial charge in [0.25, 0.3) is 0 Å². The summed E-state index contributed by atoms with van der Waals surface area (Å²) in [4.78, 5) is 19.5. The molecule has 0 bridgehead atoms. The normalized spacial score (nSPS) is 13.6. The maximum atomic E-state index is 9.91. The van der Waals surface area contributed by atoms with E-state index < -0.39 is 6.09 Å². The zero-order valence-corrected chi connectivity index (χ0v) is 6.83. The van der Waals surface area contributed by atoms with Gasteiger partial charge in [-0.2, -0.15) is 0 Å². The molecular weight excluding hydrogens is 164 g/mol. The zero-order chi connectivity index (χ0) is 9.40. The van der Waals surface area contributed by atoms with E-state index in [4.69, 9.17) is 0 Å². The van der Waals surface area contributed by atoms with E-state index >= 15 is 0 Å². The molecule has 0 aromatic rings. The van der Waals surface area contributed by atoms with E-state index in [1.165, 1.54) is 0 Å². The SMILES string of the molecule is CCOC(N)=O.O=C1NCCO1. The molecular formula is C6H12N2O4. The van der Waals surface area contributed by atoms with Gasteiger partial charge in [-0.15, -0.1) is 0 Å². The number of rotatable bonds is 1. The van der Waals surface area contributed by atoms with Gasteiger partial charge in [0.15, 0.2) is 0 Å². The quantitative estimate of drug-likeness (QED) is 0.580. The second-order valence-corrected chi connectivity index (χ2v) is 1.81. The lowest BCUT2D eigenvalue weighted by Crippen LogP contribution is -2.11. The van der Waals surface area contributed by atoms with Crippen molar-refractivity contribution in [1.82, 2.24) is 5.32 Å². The lowest BCUT2D eigenvalue weighted by atomic mass is 10.7. The summed E-state index contributed by atoms with van der Waals surface area (Å²) in [7, 11) is 0. The topological polar surface area (TPSA) is 90.7 Å². The third-order valence-corrected chi connectivity index (χ3v) is 0.891. The van der Waals surface area contributed by atoms with Crippen molar-refractivity contribution in [3.8, 4) is 0 Å². The van der Waals surface area contributed by atoms with Crippen LogP contribution in [0.5, 0.6) is 0 Å². The predicted octanol–water partition coefficient (Wildman–Crippen LogP) is -0.172. The first-order valence-electron chi connectivity index (χ1n) is 3.49. The fraction of sp³-hybridized carbons (Fsp3) is 0.667. The average molecular weight is 176 g/mol. The van der Waals surface area contributed by atoms with Crippen LogP contribution in [0, 0.1) is 0 Å². The standard InChI is InChI=1S/C3H5NO2.C3H7NO2/c5-3-4-1-2-6-3;1-2-6-3(4)5/h1-2H2,(H,4,5);2H2,1H3,(H2,4,5). The fourth-order valence-electron chi connectivity index (χ4n) is 0.490. The van der Waals surface area contributed by atoms with Gasteiger partial charge in [-0.05, 0) is 6.92 Å². The average Bonchev–Trinajstić information content (AvgIpc) is 2.40. The number of carbonyl (C=O) groups excluding carboxylic acids is 2. The second-order valence-electron chi connectivity index (χ2n) is 1.81. The van der Waals surface area contributed by atoms with E-state index in [0.717, 1.165) is 0 Å². The van der Waals surface area contributed by atoms with E-state index in [1.807, 2.05) is 0 Å². The largest absolute Gasteiger partial charge is 0.450 e. The Kier molecular flexibility index (Phi) is 5.50. The molecule has 0 saturated carbocycles. The summed E-state index contributed by atoms with van der Waals surface area (Å²) in [5, 5.41) is 2.46. The molecule has 0 aromatic carbocycles. The first-order chi connectivity index (χ1) is 5.66. The van der Waals surface area contributed by atoms with E-state index in [-0.39, 0.29) is 6.09 Å². The van der Waals surface area contributed by atoms with Crippen molar-refractivity contribution < 1.29 is 19.1 Å². The highest BCUT2D eigenvalue weighted by molar-refractivity contribution is 5.68. The summed E-state index contributed by atoms with van der Waals surface area (Å²) in [5.41, 5.74) is 4.54. The van der Waals surface area contributed by atoms with E-state index in [1.54, 1.807) is 6.92 Å². The van der Waals surface area contributed by atoms with E-state index in [2.05, 4.69) is 20.5 Å². The van der Waals surface area contributed by atoms with Crippen LogP contribution in [-0.2, 0) is 9.47 Å². The van der Waals surface area contributed by atoms with Gasteiger partial charge in [-0.1, -0.05) is 0 Å². The molecule has 1 aliphatic rings. The first-order valence-corrected chi connectivity index (χ1v) is 3.49. The highest BCUT2D eigenvalue weighted by Crippen LogP contribution is 1.82. The molecule has 1 rings (SSSR count). The lowest BCUT2D eigenvalue weighted by Gasteiger charge is -1.89. The van der Waals surface area contributed by atoms with Crippen LogP contribution in [0.1, 0.15) is 6.92 Å². The van der Waals surface area contributed by atoms with Gasteiger partial charge in [0.1, 0.15) is 6.61 Å². The predicted molar refractivity (Wildman–Crippen MR) is 40.6 cm³/mol. The number of amides is 2. The maximum absolute atomic E-state index is 9.91. The smallest absolute Gasteiger partial charge is 0.407 e. The second kappa shape index (κ2) is 6.26. The minimum absolute atomic E-state index is 0.296. The molecule has 12 heavy (non-hydrogen) atoms. The van der Waals surface area contributed by atoms with Crippen molar-refractivity contribution in [2.75, 3.05) is 19.8 Å². The Balaban J connectivity index is 0.000000202. The molecule has 0 aliphatic carbocycles. The van der Waals surface area contributed by atoms with Gasteiger partial charge >= 0.3 is 12.2 Å². The molecule has 1 saturated heterocycles. The Labute approximate surface area is 70.0 Å². The van der Waals surface area contributed by atoms with Crippen LogP contribution in [0.3, 0.4) is 0 Å². The number of hydrogen-bond acceptors (Lipinski definition) is 4. The number of nitrogens with one attached hydrogen (secondary N) is 1. The molecule has 0 spiro atoms. The summed E-state index contributed by atoms with van der Waals surface area (Å²) in [5.74, 6) is 0. The van der Waals surface area contributed by atoms with Gasteiger partial charge in [0.2, 0.25) is 0 Å². The Morgan fingerprint density at radius 1 is 1.83 bits per heavy atom.